The zero-order valence-electron chi connectivity index (χ0n) is 29.1. The van der Waals surface area contributed by atoms with E-state index in [1.165, 1.54) is 5.56 Å². The predicted octanol–water partition coefficient (Wildman–Crippen LogP) is 7.92. The Bertz CT molecular complexity index is 1670. The van der Waals surface area contributed by atoms with Crippen LogP contribution in [0.3, 0.4) is 0 Å². The molecular formula is C41H50N4O5. The summed E-state index contributed by atoms with van der Waals surface area (Å²) in [4.78, 5) is 27.4. The second-order valence-electron chi connectivity index (χ2n) is 13.1. The van der Waals surface area contributed by atoms with Gasteiger partial charge < -0.3 is 30.9 Å². The number of nitrogens with one attached hydrogen (secondary N) is 2. The van der Waals surface area contributed by atoms with Crippen molar-refractivity contribution >= 4 is 28.9 Å². The lowest BCUT2D eigenvalue weighted by Crippen LogP contribution is -2.38. The number of hydrogen-bond acceptors (Lipinski definition) is 7. The van der Waals surface area contributed by atoms with E-state index in [0.717, 1.165) is 42.4 Å². The molecule has 1 fully saturated rings. The molecule has 1 aliphatic heterocycles. The Morgan fingerprint density at radius 2 is 1.50 bits per heavy atom. The van der Waals surface area contributed by atoms with Gasteiger partial charge in [-0.05, 0) is 67.8 Å². The molecule has 5 N–H and O–H groups in total. The van der Waals surface area contributed by atoms with Gasteiger partial charge in [0, 0.05) is 43.1 Å². The van der Waals surface area contributed by atoms with Crippen LogP contribution in [0, 0.1) is 0 Å². The van der Waals surface area contributed by atoms with Crippen LogP contribution in [-0.4, -0.2) is 41.5 Å². The van der Waals surface area contributed by atoms with E-state index in [1.807, 2.05) is 66.7 Å². The Morgan fingerprint density at radius 1 is 0.820 bits per heavy atom. The van der Waals surface area contributed by atoms with Gasteiger partial charge in [0.25, 0.3) is 0 Å². The molecule has 0 spiro atoms. The van der Waals surface area contributed by atoms with Gasteiger partial charge in [0.15, 0.2) is 6.29 Å². The second kappa shape index (κ2) is 18.5. The number of amides is 2. The maximum Gasteiger partial charge on any atom is 0.224 e. The minimum absolute atomic E-state index is 0.00891. The molecule has 9 heteroatoms. The normalized spacial score (nSPS) is 18.0. The number of likely N-dealkylation sites (N-methyl/N-ethyl adjacent to an activating group) is 1. The van der Waals surface area contributed by atoms with E-state index in [1.54, 1.807) is 12.1 Å². The van der Waals surface area contributed by atoms with Crippen molar-refractivity contribution in [2.75, 3.05) is 30.0 Å². The summed E-state index contributed by atoms with van der Waals surface area (Å²) in [5, 5.41) is 15.4. The van der Waals surface area contributed by atoms with Crippen LogP contribution < -0.4 is 16.4 Å². The van der Waals surface area contributed by atoms with Crippen LogP contribution in [0.25, 0.3) is 0 Å². The summed E-state index contributed by atoms with van der Waals surface area (Å²) in [5.74, 6) is -0.112. The Morgan fingerprint density at radius 3 is 2.20 bits per heavy atom. The number of nitrogens with two attached hydrogens (primary N) is 1. The van der Waals surface area contributed by atoms with Gasteiger partial charge in [-0.1, -0.05) is 91.7 Å². The maximum absolute atomic E-state index is 12.8. The van der Waals surface area contributed by atoms with Crippen molar-refractivity contribution in [3.05, 3.63) is 125 Å². The number of nitrogen functional groups attached to an aromatic ring is 1. The SMILES string of the molecule is C[C@@H](c1ccccc1)N(C)C[C@H]1C[C@@H](c2ccc(CO)cc2)O[C@@H](c2cccc(NC(=O)CCCCCCC(=O)Nc3ccccc3N)c2)O1. The molecule has 4 aromatic rings. The second-order valence-corrected chi connectivity index (χ2v) is 13.1. The average molecular weight is 679 g/mol. The minimum atomic E-state index is -0.621. The van der Waals surface area contributed by atoms with Crippen LogP contribution in [0.5, 0.6) is 0 Å². The molecule has 0 bridgehead atoms. The summed E-state index contributed by atoms with van der Waals surface area (Å²) in [5.41, 5.74) is 11.7. The van der Waals surface area contributed by atoms with E-state index in [9.17, 15) is 14.7 Å². The molecule has 50 heavy (non-hydrogen) atoms. The summed E-state index contributed by atoms with van der Waals surface area (Å²) in [6.45, 7) is 2.90. The van der Waals surface area contributed by atoms with Crippen LogP contribution in [0.15, 0.2) is 103 Å². The third-order valence-electron chi connectivity index (χ3n) is 9.28. The van der Waals surface area contributed by atoms with E-state index in [-0.39, 0.29) is 36.7 Å². The highest BCUT2D eigenvalue weighted by Gasteiger charge is 2.33. The zero-order valence-corrected chi connectivity index (χ0v) is 29.1. The number of ether oxygens (including phenoxy) is 2. The number of nitrogens with zero attached hydrogens (tertiary/aromatic N) is 1. The fourth-order valence-electron chi connectivity index (χ4n) is 6.23. The summed E-state index contributed by atoms with van der Waals surface area (Å²) in [7, 11) is 2.12. The Hall–Kier alpha value is -4.54. The lowest BCUT2D eigenvalue weighted by molar-refractivity contribution is -0.253. The Kier molecular flexibility index (Phi) is 13.6. The predicted molar refractivity (Wildman–Crippen MR) is 198 cm³/mol. The Labute approximate surface area is 295 Å². The van der Waals surface area contributed by atoms with E-state index < -0.39 is 6.29 Å². The molecule has 264 valence electrons. The number of benzene rings is 4. The number of rotatable bonds is 16. The number of anilines is 3. The van der Waals surface area contributed by atoms with Crippen molar-refractivity contribution in [2.24, 2.45) is 0 Å². The molecule has 0 aromatic heterocycles. The zero-order chi connectivity index (χ0) is 35.3. The van der Waals surface area contributed by atoms with Gasteiger partial charge in [-0.3, -0.25) is 14.5 Å². The molecule has 1 heterocycles. The Balaban J connectivity index is 1.14. The molecule has 4 aromatic carbocycles. The van der Waals surface area contributed by atoms with Crippen LogP contribution in [0.1, 0.15) is 92.6 Å². The number of aliphatic hydroxyl groups excluding tert-OH is 1. The highest BCUT2D eigenvalue weighted by atomic mass is 16.7. The average Bonchev–Trinajstić information content (AvgIpc) is 3.14. The lowest BCUT2D eigenvalue weighted by Gasteiger charge is -2.39. The molecule has 4 atom stereocenters. The largest absolute Gasteiger partial charge is 0.397 e. The van der Waals surface area contributed by atoms with Crippen molar-refractivity contribution in [2.45, 2.75) is 83.0 Å². The van der Waals surface area contributed by atoms with Gasteiger partial charge in [0.05, 0.1) is 30.2 Å². The first-order valence-electron chi connectivity index (χ1n) is 17.6. The van der Waals surface area contributed by atoms with Gasteiger partial charge in [-0.25, -0.2) is 0 Å². The number of para-hydroxylation sites is 2. The fraction of sp³-hybridized carbons (Fsp3) is 0.366. The number of hydrogen-bond donors (Lipinski definition) is 4. The minimum Gasteiger partial charge on any atom is -0.397 e. The molecule has 0 radical (unpaired) electrons. The summed E-state index contributed by atoms with van der Waals surface area (Å²) < 4.78 is 13.1. The third-order valence-corrected chi connectivity index (χ3v) is 9.28. The summed E-state index contributed by atoms with van der Waals surface area (Å²) in [6, 6.07) is 33.4. The van der Waals surface area contributed by atoms with Crippen molar-refractivity contribution in [1.82, 2.24) is 4.90 Å². The first-order valence-corrected chi connectivity index (χ1v) is 17.6. The van der Waals surface area contributed by atoms with Gasteiger partial charge >= 0.3 is 0 Å². The standard InChI is InChI=1S/C41H50N4O5/c1-29(31-13-6-5-7-14-31)45(2)27-35-26-38(32-23-21-30(28-46)22-24-32)50-41(49-35)33-15-12-16-34(25-33)43-39(47)19-8-3-4-9-20-40(48)44-37-18-11-10-17-36(37)42/h5-7,10-18,21-25,29,35,38,41,46H,3-4,8-9,19-20,26-28,42H2,1-2H3,(H,43,47)(H,44,48)/t29-,35+,38-,41-/m0/s1. The monoisotopic (exact) mass is 678 g/mol. The number of carbonyl (C=O) groups is 2. The number of carbonyl (C=O) groups excluding carboxylic acids is 2. The van der Waals surface area contributed by atoms with E-state index in [4.69, 9.17) is 15.2 Å². The van der Waals surface area contributed by atoms with Crippen LogP contribution in [0.2, 0.25) is 0 Å². The van der Waals surface area contributed by atoms with Crippen LogP contribution in [-0.2, 0) is 25.7 Å². The molecular weight excluding hydrogens is 628 g/mol. The summed E-state index contributed by atoms with van der Waals surface area (Å²) >= 11 is 0. The van der Waals surface area contributed by atoms with Gasteiger partial charge in [-0.2, -0.15) is 0 Å². The van der Waals surface area contributed by atoms with E-state index in [2.05, 4.69) is 53.8 Å². The van der Waals surface area contributed by atoms with E-state index >= 15 is 0 Å². The van der Waals surface area contributed by atoms with Gasteiger partial charge in [-0.15, -0.1) is 0 Å². The quantitative estimate of drug-likeness (QED) is 0.0701. The van der Waals surface area contributed by atoms with Gasteiger partial charge in [0.2, 0.25) is 11.8 Å². The molecule has 2 amide bonds. The summed E-state index contributed by atoms with van der Waals surface area (Å²) in [6.07, 6.45) is 3.77. The van der Waals surface area contributed by atoms with Crippen molar-refractivity contribution in [3.63, 3.8) is 0 Å². The first-order chi connectivity index (χ1) is 24.3. The van der Waals surface area contributed by atoms with Crippen molar-refractivity contribution in [1.29, 1.82) is 0 Å². The number of aliphatic hydroxyl groups is 1. The molecule has 0 unspecified atom stereocenters. The lowest BCUT2D eigenvalue weighted by atomic mass is 9.99. The van der Waals surface area contributed by atoms with Gasteiger partial charge in [0.1, 0.15) is 0 Å². The van der Waals surface area contributed by atoms with Crippen molar-refractivity contribution in [3.8, 4) is 0 Å². The molecule has 0 saturated carbocycles. The molecule has 1 aliphatic rings. The maximum atomic E-state index is 12.8. The molecule has 1 saturated heterocycles. The van der Waals surface area contributed by atoms with Crippen LogP contribution in [0.4, 0.5) is 17.1 Å². The molecule has 0 aliphatic carbocycles. The highest BCUT2D eigenvalue weighted by molar-refractivity contribution is 5.93. The first kappa shape index (κ1) is 36.7. The fourth-order valence-corrected chi connectivity index (χ4v) is 6.23. The van der Waals surface area contributed by atoms with Crippen molar-refractivity contribution < 1.29 is 24.2 Å². The van der Waals surface area contributed by atoms with Crippen LogP contribution >= 0.6 is 0 Å². The topological polar surface area (TPSA) is 126 Å². The molecule has 5 rings (SSSR count). The number of unbranched alkanes of at least 4 members (excludes halogenated alkanes) is 3. The van der Waals surface area contributed by atoms with E-state index in [0.29, 0.717) is 42.9 Å². The molecule has 9 nitrogen and oxygen atoms in total. The smallest absolute Gasteiger partial charge is 0.224 e. The highest BCUT2D eigenvalue weighted by Crippen LogP contribution is 2.39. The third kappa shape index (κ3) is 10.7.